The van der Waals surface area contributed by atoms with Crippen LogP contribution in [0.4, 0.5) is 5.69 Å². The summed E-state index contributed by atoms with van der Waals surface area (Å²) in [5.41, 5.74) is 2.43. The predicted octanol–water partition coefficient (Wildman–Crippen LogP) is 4.91. The second-order valence-corrected chi connectivity index (χ2v) is 8.38. The van der Waals surface area contributed by atoms with Gasteiger partial charge in [0.1, 0.15) is 11.4 Å². The summed E-state index contributed by atoms with van der Waals surface area (Å²) < 4.78 is 7.03. The first-order valence-corrected chi connectivity index (χ1v) is 10.2. The smallest absolute Gasteiger partial charge is 0.274 e. The first kappa shape index (κ1) is 21.1. The Morgan fingerprint density at radius 1 is 0.906 bits per heavy atom. The van der Waals surface area contributed by atoms with Crippen LogP contribution in [0.15, 0.2) is 83.5 Å². The molecule has 162 valence electrons. The molecule has 0 bridgehead atoms. The fourth-order valence-corrected chi connectivity index (χ4v) is 3.17. The minimum atomic E-state index is -0.328. The molecule has 0 saturated carbocycles. The molecule has 0 aliphatic heterocycles. The van der Waals surface area contributed by atoms with Crippen molar-refractivity contribution in [3.63, 3.8) is 0 Å². The molecule has 4 aromatic rings. The van der Waals surface area contributed by atoms with Crippen LogP contribution in [-0.4, -0.2) is 27.1 Å². The molecule has 0 radical (unpaired) electrons. The van der Waals surface area contributed by atoms with Gasteiger partial charge in [-0.1, -0.05) is 18.2 Å². The van der Waals surface area contributed by atoms with Gasteiger partial charge in [-0.05, 0) is 69.3 Å². The summed E-state index contributed by atoms with van der Waals surface area (Å²) in [7, 11) is 0. The van der Waals surface area contributed by atoms with Crippen molar-refractivity contribution in [1.82, 2.24) is 15.1 Å². The van der Waals surface area contributed by atoms with E-state index in [-0.39, 0.29) is 17.4 Å². The zero-order valence-corrected chi connectivity index (χ0v) is 18.1. The lowest BCUT2D eigenvalue weighted by atomic mass is 10.1. The van der Waals surface area contributed by atoms with Gasteiger partial charge in [-0.3, -0.25) is 9.59 Å². The fraction of sp³-hybridized carbons (Fsp3) is 0.160. The molecule has 2 aromatic carbocycles. The SMILES string of the molecule is CC(C)(C)NC(=O)c1ccc(NC(=O)c2cc(-c3ccco3)nn2-c2ccccc2)cc1. The molecular formula is C25H24N4O3. The number of rotatable bonds is 5. The normalized spacial score (nSPS) is 11.2. The van der Waals surface area contributed by atoms with E-state index in [1.165, 1.54) is 0 Å². The Kier molecular flexibility index (Phi) is 5.64. The molecule has 0 atom stereocenters. The first-order valence-electron chi connectivity index (χ1n) is 10.2. The van der Waals surface area contributed by atoms with Crippen molar-refractivity contribution in [2.24, 2.45) is 0 Å². The van der Waals surface area contributed by atoms with Gasteiger partial charge in [-0.2, -0.15) is 5.10 Å². The van der Waals surface area contributed by atoms with Gasteiger partial charge in [0.15, 0.2) is 5.76 Å². The summed E-state index contributed by atoms with van der Waals surface area (Å²) in [6.07, 6.45) is 1.56. The summed E-state index contributed by atoms with van der Waals surface area (Å²) in [5, 5.41) is 10.4. The molecule has 2 heterocycles. The Morgan fingerprint density at radius 2 is 1.62 bits per heavy atom. The van der Waals surface area contributed by atoms with Crippen LogP contribution in [0.25, 0.3) is 17.1 Å². The molecule has 2 N–H and O–H groups in total. The van der Waals surface area contributed by atoms with Crippen LogP contribution in [0.3, 0.4) is 0 Å². The molecule has 2 amide bonds. The van der Waals surface area contributed by atoms with Crippen LogP contribution in [0.1, 0.15) is 41.6 Å². The van der Waals surface area contributed by atoms with E-state index >= 15 is 0 Å². The number of anilines is 1. The van der Waals surface area contributed by atoms with Crippen LogP contribution in [-0.2, 0) is 0 Å². The Labute approximate surface area is 186 Å². The second-order valence-electron chi connectivity index (χ2n) is 8.38. The van der Waals surface area contributed by atoms with Gasteiger partial charge in [0, 0.05) is 22.9 Å². The minimum Gasteiger partial charge on any atom is -0.463 e. The maximum Gasteiger partial charge on any atom is 0.274 e. The molecule has 0 aliphatic rings. The highest BCUT2D eigenvalue weighted by atomic mass is 16.3. The highest BCUT2D eigenvalue weighted by Crippen LogP contribution is 2.23. The number of hydrogen-bond donors (Lipinski definition) is 2. The standard InChI is InChI=1S/C25H24N4O3/c1-25(2,3)27-23(30)17-11-13-18(14-12-17)26-24(31)21-16-20(22-10-7-15-32-22)28-29(21)19-8-5-4-6-9-19/h4-16H,1-3H3,(H,26,31)(H,27,30). The molecule has 4 rings (SSSR count). The average molecular weight is 428 g/mol. The number of amides is 2. The van der Waals surface area contributed by atoms with E-state index in [9.17, 15) is 9.59 Å². The van der Waals surface area contributed by atoms with Crippen LogP contribution in [0.5, 0.6) is 0 Å². The molecule has 0 spiro atoms. The lowest BCUT2D eigenvalue weighted by Gasteiger charge is -2.20. The summed E-state index contributed by atoms with van der Waals surface area (Å²) in [4.78, 5) is 25.4. The van der Waals surface area contributed by atoms with Crippen molar-refractivity contribution in [2.75, 3.05) is 5.32 Å². The minimum absolute atomic E-state index is 0.166. The monoisotopic (exact) mass is 428 g/mol. The summed E-state index contributed by atoms with van der Waals surface area (Å²) in [5.74, 6) is 0.0783. The predicted molar refractivity (Wildman–Crippen MR) is 123 cm³/mol. The Morgan fingerprint density at radius 3 is 2.25 bits per heavy atom. The van der Waals surface area contributed by atoms with E-state index in [1.807, 2.05) is 51.1 Å². The van der Waals surface area contributed by atoms with Gasteiger partial charge in [0.05, 0.1) is 12.0 Å². The average Bonchev–Trinajstić information content (AvgIpc) is 3.44. The number of aromatic nitrogens is 2. The lowest BCUT2D eigenvalue weighted by molar-refractivity contribution is 0.0919. The van der Waals surface area contributed by atoms with Crippen LogP contribution in [0.2, 0.25) is 0 Å². The van der Waals surface area contributed by atoms with Crippen molar-refractivity contribution in [1.29, 1.82) is 0 Å². The maximum absolute atomic E-state index is 13.1. The molecule has 7 heteroatoms. The number of nitrogens with one attached hydrogen (secondary N) is 2. The number of hydrogen-bond acceptors (Lipinski definition) is 4. The molecule has 0 unspecified atom stereocenters. The zero-order chi connectivity index (χ0) is 22.7. The molecule has 0 saturated heterocycles. The molecule has 7 nitrogen and oxygen atoms in total. The molecular weight excluding hydrogens is 404 g/mol. The quantitative estimate of drug-likeness (QED) is 0.473. The van der Waals surface area contributed by atoms with E-state index < -0.39 is 0 Å². The van der Waals surface area contributed by atoms with Gasteiger partial charge >= 0.3 is 0 Å². The molecule has 0 aliphatic carbocycles. The molecule has 2 aromatic heterocycles. The van der Waals surface area contributed by atoms with Gasteiger partial charge in [-0.25, -0.2) is 4.68 Å². The van der Waals surface area contributed by atoms with Crippen molar-refractivity contribution < 1.29 is 14.0 Å². The van der Waals surface area contributed by atoms with E-state index in [0.29, 0.717) is 28.4 Å². The largest absolute Gasteiger partial charge is 0.463 e. The second kappa shape index (κ2) is 8.55. The van der Waals surface area contributed by atoms with E-state index in [4.69, 9.17) is 4.42 Å². The summed E-state index contributed by atoms with van der Waals surface area (Å²) >= 11 is 0. The van der Waals surface area contributed by atoms with Crippen molar-refractivity contribution in [2.45, 2.75) is 26.3 Å². The number of furan rings is 1. The topological polar surface area (TPSA) is 89.2 Å². The first-order chi connectivity index (χ1) is 15.3. The Hall–Kier alpha value is -4.13. The summed E-state index contributed by atoms with van der Waals surface area (Å²) in [6.45, 7) is 5.77. The zero-order valence-electron chi connectivity index (χ0n) is 18.1. The fourth-order valence-electron chi connectivity index (χ4n) is 3.17. The lowest BCUT2D eigenvalue weighted by Crippen LogP contribution is -2.40. The van der Waals surface area contributed by atoms with E-state index in [0.717, 1.165) is 5.69 Å². The number of carbonyl (C=O) groups is 2. The number of para-hydroxylation sites is 1. The Bertz CT molecular complexity index is 1220. The Balaban J connectivity index is 1.59. The number of benzene rings is 2. The van der Waals surface area contributed by atoms with Crippen LogP contribution < -0.4 is 10.6 Å². The molecule has 0 fully saturated rings. The van der Waals surface area contributed by atoms with Crippen LogP contribution in [0, 0.1) is 0 Å². The molecule has 32 heavy (non-hydrogen) atoms. The van der Waals surface area contributed by atoms with Gasteiger partial charge in [-0.15, -0.1) is 0 Å². The highest BCUT2D eigenvalue weighted by Gasteiger charge is 2.19. The maximum atomic E-state index is 13.1. The number of carbonyl (C=O) groups excluding carboxylic acids is 2. The van der Waals surface area contributed by atoms with Gasteiger partial charge in [0.2, 0.25) is 0 Å². The third-order valence-electron chi connectivity index (χ3n) is 4.61. The van der Waals surface area contributed by atoms with Crippen molar-refractivity contribution >= 4 is 17.5 Å². The number of nitrogens with zero attached hydrogens (tertiary/aromatic N) is 2. The van der Waals surface area contributed by atoms with Gasteiger partial charge in [0.25, 0.3) is 11.8 Å². The third kappa shape index (κ3) is 4.78. The highest BCUT2D eigenvalue weighted by molar-refractivity contribution is 6.04. The summed E-state index contributed by atoms with van der Waals surface area (Å²) in [6, 6.07) is 21.4. The third-order valence-corrected chi connectivity index (χ3v) is 4.61. The van der Waals surface area contributed by atoms with E-state index in [1.54, 1.807) is 53.4 Å². The van der Waals surface area contributed by atoms with Crippen molar-refractivity contribution in [3.05, 3.63) is 90.3 Å². The van der Waals surface area contributed by atoms with Crippen molar-refractivity contribution in [3.8, 4) is 17.1 Å². The van der Waals surface area contributed by atoms with Gasteiger partial charge < -0.3 is 15.1 Å². The van der Waals surface area contributed by atoms with Crippen LogP contribution >= 0.6 is 0 Å². The van der Waals surface area contributed by atoms with E-state index in [2.05, 4.69) is 15.7 Å².